The molecule has 0 saturated carbocycles. The number of ether oxygens (including phenoxy) is 2. The molecule has 0 aliphatic carbocycles. The minimum Gasteiger partial charge on any atom is -0.496 e. The standard InChI is InChI=1S/C18H17Cl2NO4/c1-11(12-3-5-13(19)6-4-12)21-17(22)10-25-18(23)15-9-14(20)7-8-16(15)24-2/h3-9,11H,10H2,1-2H3,(H,21,22)/t11-/m0/s1. The molecule has 0 aliphatic heterocycles. The summed E-state index contributed by atoms with van der Waals surface area (Å²) < 4.78 is 10.1. The Balaban J connectivity index is 1.92. The monoisotopic (exact) mass is 381 g/mol. The normalized spacial score (nSPS) is 11.5. The number of rotatable bonds is 6. The van der Waals surface area contributed by atoms with E-state index in [9.17, 15) is 9.59 Å². The fourth-order valence-electron chi connectivity index (χ4n) is 2.17. The predicted molar refractivity (Wildman–Crippen MR) is 96.3 cm³/mol. The molecule has 0 aliphatic rings. The largest absolute Gasteiger partial charge is 0.496 e. The second-order valence-corrected chi connectivity index (χ2v) is 6.13. The number of hydrogen-bond acceptors (Lipinski definition) is 4. The number of halogens is 2. The summed E-state index contributed by atoms with van der Waals surface area (Å²) in [5, 5.41) is 3.73. The molecule has 2 aromatic rings. The van der Waals surface area contributed by atoms with Crippen LogP contribution in [-0.2, 0) is 9.53 Å². The van der Waals surface area contributed by atoms with Crippen molar-refractivity contribution in [3.8, 4) is 5.75 Å². The first-order chi connectivity index (χ1) is 11.9. The van der Waals surface area contributed by atoms with E-state index >= 15 is 0 Å². The van der Waals surface area contributed by atoms with Crippen LogP contribution in [0.15, 0.2) is 42.5 Å². The van der Waals surface area contributed by atoms with Crippen LogP contribution in [0.4, 0.5) is 0 Å². The first kappa shape index (κ1) is 19.1. The Hall–Kier alpha value is -2.24. The number of esters is 1. The van der Waals surface area contributed by atoms with Gasteiger partial charge in [0.25, 0.3) is 5.91 Å². The zero-order valence-corrected chi connectivity index (χ0v) is 15.2. The van der Waals surface area contributed by atoms with Gasteiger partial charge in [-0.2, -0.15) is 0 Å². The minimum absolute atomic E-state index is 0.161. The van der Waals surface area contributed by atoms with Gasteiger partial charge in [-0.05, 0) is 42.8 Å². The molecule has 1 N–H and O–H groups in total. The Morgan fingerprint density at radius 2 is 1.72 bits per heavy atom. The lowest BCUT2D eigenvalue weighted by atomic mass is 10.1. The van der Waals surface area contributed by atoms with Gasteiger partial charge in [0.15, 0.2) is 6.61 Å². The van der Waals surface area contributed by atoms with Crippen LogP contribution in [0.1, 0.15) is 28.9 Å². The molecule has 25 heavy (non-hydrogen) atoms. The van der Waals surface area contributed by atoms with Gasteiger partial charge in [0.05, 0.1) is 13.2 Å². The quantitative estimate of drug-likeness (QED) is 0.766. The van der Waals surface area contributed by atoms with Gasteiger partial charge in [-0.1, -0.05) is 35.3 Å². The summed E-state index contributed by atoms with van der Waals surface area (Å²) in [6.45, 7) is 1.41. The van der Waals surface area contributed by atoms with Crippen LogP contribution in [-0.4, -0.2) is 25.6 Å². The lowest BCUT2D eigenvalue weighted by Gasteiger charge is -2.15. The number of nitrogens with one attached hydrogen (secondary N) is 1. The Kier molecular flexibility index (Phi) is 6.67. The van der Waals surface area contributed by atoms with E-state index < -0.39 is 18.5 Å². The van der Waals surface area contributed by atoms with E-state index in [0.717, 1.165) is 5.56 Å². The van der Waals surface area contributed by atoms with Crippen molar-refractivity contribution in [2.45, 2.75) is 13.0 Å². The molecule has 1 atom stereocenters. The van der Waals surface area contributed by atoms with Crippen LogP contribution in [0.5, 0.6) is 5.75 Å². The number of benzene rings is 2. The summed E-state index contributed by atoms with van der Waals surface area (Å²) in [7, 11) is 1.43. The highest BCUT2D eigenvalue weighted by Gasteiger charge is 2.17. The smallest absolute Gasteiger partial charge is 0.342 e. The lowest BCUT2D eigenvalue weighted by Crippen LogP contribution is -2.31. The van der Waals surface area contributed by atoms with Gasteiger partial charge in [-0.25, -0.2) is 4.79 Å². The molecule has 2 aromatic carbocycles. The molecule has 7 heteroatoms. The number of carbonyl (C=O) groups excluding carboxylic acids is 2. The van der Waals surface area contributed by atoms with Crippen molar-refractivity contribution < 1.29 is 19.1 Å². The van der Waals surface area contributed by atoms with Crippen molar-refractivity contribution in [3.63, 3.8) is 0 Å². The van der Waals surface area contributed by atoms with Crippen LogP contribution < -0.4 is 10.1 Å². The zero-order valence-electron chi connectivity index (χ0n) is 13.7. The molecule has 0 radical (unpaired) electrons. The topological polar surface area (TPSA) is 64.6 Å². The highest BCUT2D eigenvalue weighted by atomic mass is 35.5. The Morgan fingerprint density at radius 3 is 2.36 bits per heavy atom. The van der Waals surface area contributed by atoms with Gasteiger partial charge in [-0.15, -0.1) is 0 Å². The summed E-state index contributed by atoms with van der Waals surface area (Å²) in [5.41, 5.74) is 1.05. The molecule has 1 amide bonds. The molecule has 2 rings (SSSR count). The second kappa shape index (κ2) is 8.74. The SMILES string of the molecule is COc1ccc(Cl)cc1C(=O)OCC(=O)N[C@@H](C)c1ccc(Cl)cc1. The van der Waals surface area contributed by atoms with Gasteiger partial charge < -0.3 is 14.8 Å². The van der Waals surface area contributed by atoms with Crippen LogP contribution in [0, 0.1) is 0 Å². The lowest BCUT2D eigenvalue weighted by molar-refractivity contribution is -0.124. The van der Waals surface area contributed by atoms with E-state index in [0.29, 0.717) is 15.8 Å². The Morgan fingerprint density at radius 1 is 1.08 bits per heavy atom. The van der Waals surface area contributed by atoms with Gasteiger partial charge in [-0.3, -0.25) is 4.79 Å². The first-order valence-electron chi connectivity index (χ1n) is 7.46. The second-order valence-electron chi connectivity index (χ2n) is 5.26. The Labute approximate surface area is 155 Å². The zero-order chi connectivity index (χ0) is 18.4. The maximum Gasteiger partial charge on any atom is 0.342 e. The molecule has 0 heterocycles. The van der Waals surface area contributed by atoms with Crippen LogP contribution in [0.2, 0.25) is 10.0 Å². The fraction of sp³-hybridized carbons (Fsp3) is 0.222. The first-order valence-corrected chi connectivity index (χ1v) is 8.21. The summed E-state index contributed by atoms with van der Waals surface area (Å²) in [6.07, 6.45) is 0. The van der Waals surface area contributed by atoms with Gasteiger partial charge in [0.2, 0.25) is 0 Å². The molecule has 0 bridgehead atoms. The molecule has 132 valence electrons. The predicted octanol–water partition coefficient (Wildman–Crippen LogP) is 4.04. The number of carbonyl (C=O) groups is 2. The summed E-state index contributed by atoms with van der Waals surface area (Å²) >= 11 is 11.7. The molecule has 5 nitrogen and oxygen atoms in total. The molecular formula is C18H17Cl2NO4. The summed E-state index contributed by atoms with van der Waals surface area (Å²) in [4.78, 5) is 24.1. The van der Waals surface area contributed by atoms with E-state index in [2.05, 4.69) is 5.32 Å². The molecule has 0 saturated heterocycles. The van der Waals surface area contributed by atoms with Crippen LogP contribution >= 0.6 is 23.2 Å². The minimum atomic E-state index is -0.686. The van der Waals surface area contributed by atoms with Crippen molar-refractivity contribution in [2.75, 3.05) is 13.7 Å². The third kappa shape index (κ3) is 5.37. The van der Waals surface area contributed by atoms with E-state index in [4.69, 9.17) is 32.7 Å². The van der Waals surface area contributed by atoms with Crippen molar-refractivity contribution in [1.82, 2.24) is 5.32 Å². The van der Waals surface area contributed by atoms with Crippen molar-refractivity contribution in [1.29, 1.82) is 0 Å². The third-order valence-corrected chi connectivity index (χ3v) is 3.95. The summed E-state index contributed by atoms with van der Waals surface area (Å²) in [6, 6.07) is 11.4. The average Bonchev–Trinajstić information content (AvgIpc) is 2.60. The molecule has 0 unspecified atom stereocenters. The van der Waals surface area contributed by atoms with Gasteiger partial charge >= 0.3 is 5.97 Å². The van der Waals surface area contributed by atoms with Gasteiger partial charge in [0, 0.05) is 10.0 Å². The summed E-state index contributed by atoms with van der Waals surface area (Å²) in [5.74, 6) is -0.783. The highest BCUT2D eigenvalue weighted by Crippen LogP contribution is 2.23. The number of methoxy groups -OCH3 is 1. The molecular weight excluding hydrogens is 365 g/mol. The van der Waals surface area contributed by atoms with Crippen LogP contribution in [0.25, 0.3) is 0 Å². The van der Waals surface area contributed by atoms with E-state index in [1.807, 2.05) is 19.1 Å². The van der Waals surface area contributed by atoms with Crippen molar-refractivity contribution in [3.05, 3.63) is 63.6 Å². The maximum atomic E-state index is 12.1. The van der Waals surface area contributed by atoms with E-state index in [-0.39, 0.29) is 11.6 Å². The molecule has 0 aromatic heterocycles. The maximum absolute atomic E-state index is 12.1. The van der Waals surface area contributed by atoms with E-state index in [1.54, 1.807) is 24.3 Å². The molecule has 0 fully saturated rings. The average molecular weight is 382 g/mol. The fourth-order valence-corrected chi connectivity index (χ4v) is 2.46. The third-order valence-electron chi connectivity index (χ3n) is 3.46. The highest BCUT2D eigenvalue weighted by molar-refractivity contribution is 6.31. The van der Waals surface area contributed by atoms with Crippen molar-refractivity contribution >= 4 is 35.1 Å². The van der Waals surface area contributed by atoms with Crippen LogP contribution in [0.3, 0.4) is 0 Å². The number of amides is 1. The molecule has 0 spiro atoms. The number of hydrogen-bond donors (Lipinski definition) is 1. The van der Waals surface area contributed by atoms with E-state index in [1.165, 1.54) is 13.2 Å². The van der Waals surface area contributed by atoms with Crippen molar-refractivity contribution in [2.24, 2.45) is 0 Å². The Bertz CT molecular complexity index is 762. The van der Waals surface area contributed by atoms with Gasteiger partial charge in [0.1, 0.15) is 11.3 Å².